The first-order chi connectivity index (χ1) is 16.9. The van der Waals surface area contributed by atoms with Gasteiger partial charge in [-0.3, -0.25) is 0 Å². The Morgan fingerprint density at radius 2 is 0.421 bits per heavy atom. The smallest absolute Gasteiger partial charge is 0.545 e. The molecule has 3 aromatic carbocycles. The molecule has 3 rings (SSSR count). The molecule has 38 heavy (non-hydrogen) atoms. The van der Waals surface area contributed by atoms with Gasteiger partial charge < -0.3 is 59.4 Å². The molecule has 0 saturated carbocycles. The van der Waals surface area contributed by atoms with Crippen LogP contribution < -0.4 is 30.6 Å². The third-order valence-electron chi connectivity index (χ3n) is 4.10. The molecule has 12 nitrogen and oxygen atoms in total. The predicted molar refractivity (Wildman–Crippen MR) is 117 cm³/mol. The minimum Gasteiger partial charge on any atom is -0.545 e. The summed E-state index contributed by atoms with van der Waals surface area (Å²) < 4.78 is 0. The van der Waals surface area contributed by atoms with Crippen molar-refractivity contribution in [2.45, 2.75) is 0 Å². The number of benzene rings is 3. The van der Waals surface area contributed by atoms with E-state index in [9.17, 15) is 59.4 Å². The Bertz CT molecular complexity index is 1060. The van der Waals surface area contributed by atoms with Crippen molar-refractivity contribution in [3.8, 4) is 0 Å². The number of carboxylic acid groups (broad SMARTS) is 6. The largest absolute Gasteiger partial charge is 3.00 e. The van der Waals surface area contributed by atoms with Crippen LogP contribution in [0.5, 0.6) is 0 Å². The topological polar surface area (TPSA) is 241 Å². The maximum atomic E-state index is 10.3. The Kier molecular flexibility index (Phi) is 14.9. The van der Waals surface area contributed by atoms with E-state index in [4.69, 9.17) is 0 Å². The average molecular weight is 514 g/mol. The van der Waals surface area contributed by atoms with Gasteiger partial charge in [-0.2, -0.15) is 0 Å². The van der Waals surface area contributed by atoms with Crippen LogP contribution in [-0.2, 0) is 0 Å². The van der Waals surface area contributed by atoms with Crippen molar-refractivity contribution in [2.24, 2.45) is 0 Å². The van der Waals surface area contributed by atoms with Crippen molar-refractivity contribution in [1.29, 1.82) is 0 Å². The first kappa shape index (κ1) is 34.8. The van der Waals surface area contributed by atoms with E-state index in [1.54, 1.807) is 0 Å². The van der Waals surface area contributed by atoms with Crippen LogP contribution in [0.1, 0.15) is 62.1 Å². The number of carboxylic acids is 6. The summed E-state index contributed by atoms with van der Waals surface area (Å²) in [4.78, 5) is 61.9. The van der Waals surface area contributed by atoms with Crippen molar-refractivity contribution in [3.05, 3.63) is 106 Å². The Balaban J connectivity index is 0. The third kappa shape index (κ3) is 10.1. The van der Waals surface area contributed by atoms with Gasteiger partial charge in [0, 0.05) is 33.4 Å². The monoisotopic (exact) mass is 514 g/mol. The molecule has 0 fully saturated rings. The molecule has 0 spiro atoms. The molecule has 0 bridgehead atoms. The van der Waals surface area contributed by atoms with Gasteiger partial charge in [-0.05, 0) is 0 Å². The van der Waals surface area contributed by atoms with Gasteiger partial charge in [0.25, 0.3) is 0 Å². The van der Waals surface area contributed by atoms with E-state index < -0.39 is 35.8 Å². The zero-order valence-corrected chi connectivity index (χ0v) is 19.0. The molecule has 3 aromatic rings. The van der Waals surface area contributed by atoms with Crippen molar-refractivity contribution < 1.29 is 59.4 Å². The summed E-state index contributed by atoms with van der Waals surface area (Å²) in [5, 5.41) is 61.9. The van der Waals surface area contributed by atoms with Crippen LogP contribution >= 0.6 is 0 Å². The Hall–Kier alpha value is -5.39. The normalized spacial score (nSPS) is 8.84. The van der Waals surface area contributed by atoms with Gasteiger partial charge in [0.15, 0.2) is 0 Å². The third-order valence-corrected chi connectivity index (χ3v) is 4.10. The second-order valence-electron chi connectivity index (χ2n) is 6.36. The van der Waals surface area contributed by atoms with E-state index in [0.717, 1.165) is 36.4 Å². The minimum atomic E-state index is -1.52. The molecule has 0 N–H and O–H groups in total. The number of hydrogen-bond acceptors (Lipinski definition) is 12. The number of carbonyl (C=O) groups is 6. The molecule has 186 valence electrons. The number of carbonyl (C=O) groups excluding carboxylic acids is 6. The van der Waals surface area contributed by atoms with Crippen molar-refractivity contribution in [2.75, 3.05) is 0 Å². The molecule has 0 heterocycles. The van der Waals surface area contributed by atoms with E-state index >= 15 is 0 Å². The fraction of sp³-hybridized carbons (Fsp3) is 0. The number of aromatic carboxylic acids is 6. The maximum absolute atomic E-state index is 10.3. The van der Waals surface area contributed by atoms with Gasteiger partial charge in [-0.1, -0.05) is 72.8 Å². The first-order valence-corrected chi connectivity index (χ1v) is 9.43. The fourth-order valence-corrected chi connectivity index (χ4v) is 2.52. The van der Waals surface area contributed by atoms with E-state index in [1.807, 2.05) is 0 Å². The van der Waals surface area contributed by atoms with Gasteiger partial charge in [0.1, 0.15) is 0 Å². The van der Waals surface area contributed by atoms with E-state index in [1.165, 1.54) is 36.4 Å². The molecule has 14 heteroatoms. The van der Waals surface area contributed by atoms with Crippen molar-refractivity contribution in [1.82, 2.24) is 0 Å². The van der Waals surface area contributed by atoms with Crippen LogP contribution in [0.3, 0.4) is 0 Å². The molecular weight excluding hydrogens is 502 g/mol. The van der Waals surface area contributed by atoms with Crippen LogP contribution in [0.4, 0.5) is 0 Å². The summed E-state index contributed by atoms with van der Waals surface area (Å²) in [6.07, 6.45) is 0. The standard InChI is InChI=1S/3C8H6O4.2B/c3*9-7(10)5-3-1-2-4-6(5)8(11)12;;/h3*1-4H,(H,9,10)(H,11,12);;/q;;;2*+3/p-6. The Morgan fingerprint density at radius 3 is 0.500 bits per heavy atom. The SMILES string of the molecule is O=C([O-])c1ccccc1C(=O)[O-].O=C([O-])c1ccccc1C(=O)[O-].O=C([O-])c1ccccc1C(=O)[O-].[B+3].[B+3]. The van der Waals surface area contributed by atoms with Crippen molar-refractivity contribution >= 4 is 52.6 Å². The molecular formula is C24H12B2O12. The summed E-state index contributed by atoms with van der Waals surface area (Å²) in [6.45, 7) is 0. The quantitative estimate of drug-likeness (QED) is 0.280. The van der Waals surface area contributed by atoms with E-state index in [0.29, 0.717) is 0 Å². The second-order valence-corrected chi connectivity index (χ2v) is 6.36. The van der Waals surface area contributed by atoms with Crippen LogP contribution in [0.25, 0.3) is 0 Å². The number of rotatable bonds is 6. The second kappa shape index (κ2) is 16.3. The average Bonchev–Trinajstić information content (AvgIpc) is 2.84. The van der Waals surface area contributed by atoms with Crippen molar-refractivity contribution in [3.63, 3.8) is 0 Å². The molecule has 0 aliphatic rings. The number of hydrogen-bond donors (Lipinski definition) is 0. The molecule has 0 radical (unpaired) electrons. The van der Waals surface area contributed by atoms with E-state index in [-0.39, 0.29) is 50.2 Å². The molecule has 0 aliphatic heterocycles. The molecule has 0 amide bonds. The summed E-state index contributed by atoms with van der Waals surface area (Å²) >= 11 is 0. The molecule has 0 saturated heterocycles. The molecule has 0 aromatic heterocycles. The molecule has 0 atom stereocenters. The van der Waals surface area contributed by atoms with Gasteiger partial charge in [-0.15, -0.1) is 0 Å². The summed E-state index contributed by atoms with van der Waals surface area (Å²) in [6, 6.07) is 15.4. The zero-order chi connectivity index (χ0) is 27.4. The zero-order valence-electron chi connectivity index (χ0n) is 19.0. The van der Waals surface area contributed by atoms with Crippen LogP contribution in [0.2, 0.25) is 0 Å². The van der Waals surface area contributed by atoms with Crippen LogP contribution in [0.15, 0.2) is 72.8 Å². The van der Waals surface area contributed by atoms with Crippen LogP contribution in [-0.4, -0.2) is 52.6 Å². The Morgan fingerprint density at radius 1 is 0.316 bits per heavy atom. The van der Waals surface area contributed by atoms with Gasteiger partial charge in [0.2, 0.25) is 0 Å². The predicted octanol–water partition coefficient (Wildman–Crippen LogP) is -5.52. The molecule has 0 aliphatic carbocycles. The fourth-order valence-electron chi connectivity index (χ4n) is 2.52. The van der Waals surface area contributed by atoms with Gasteiger partial charge >= 0.3 is 16.8 Å². The Labute approximate surface area is 218 Å². The van der Waals surface area contributed by atoms with Gasteiger partial charge in [-0.25, -0.2) is 0 Å². The summed E-state index contributed by atoms with van der Waals surface area (Å²) in [5.41, 5.74) is -2.18. The van der Waals surface area contributed by atoms with Crippen LogP contribution in [0, 0.1) is 0 Å². The van der Waals surface area contributed by atoms with E-state index in [2.05, 4.69) is 0 Å². The summed E-state index contributed by atoms with van der Waals surface area (Å²) in [7, 11) is 0. The first-order valence-electron chi connectivity index (χ1n) is 9.43. The molecule has 0 unspecified atom stereocenters. The summed E-state index contributed by atoms with van der Waals surface area (Å²) in [5.74, 6) is -9.11. The minimum absolute atomic E-state index is 0. The maximum Gasteiger partial charge on any atom is 3.00 e. The van der Waals surface area contributed by atoms with Gasteiger partial charge in [0.05, 0.1) is 35.8 Å².